The van der Waals surface area contributed by atoms with Crippen molar-refractivity contribution < 1.29 is 9.32 Å². The molecule has 0 bridgehead atoms. The smallest absolute Gasteiger partial charge is 0.254 e. The monoisotopic (exact) mass is 397 g/mol. The van der Waals surface area contributed by atoms with Gasteiger partial charge in [-0.3, -0.25) is 4.79 Å². The average molecular weight is 397 g/mol. The minimum absolute atomic E-state index is 0.0562. The quantitative estimate of drug-likeness (QED) is 0.500. The fourth-order valence-electron chi connectivity index (χ4n) is 3.98. The SMILES string of the molecule is Cc1ccc(-c2onc3ccc(C(=O)N4CCN(c5ccccc5)CC4)cc23)cc1. The van der Waals surface area contributed by atoms with E-state index in [1.54, 1.807) is 0 Å². The van der Waals surface area contributed by atoms with Crippen LogP contribution in [0.1, 0.15) is 15.9 Å². The normalized spacial score (nSPS) is 14.3. The van der Waals surface area contributed by atoms with Gasteiger partial charge in [-0.2, -0.15) is 0 Å². The van der Waals surface area contributed by atoms with Crippen molar-refractivity contribution in [2.75, 3.05) is 31.1 Å². The highest BCUT2D eigenvalue weighted by atomic mass is 16.5. The molecule has 3 aromatic carbocycles. The number of fused-ring (bicyclic) bond motifs is 1. The predicted molar refractivity (Wildman–Crippen MR) is 119 cm³/mol. The second kappa shape index (κ2) is 7.67. The highest BCUT2D eigenvalue weighted by molar-refractivity contribution is 6.01. The fraction of sp³-hybridized carbons (Fsp3) is 0.200. The first-order chi connectivity index (χ1) is 14.7. The van der Waals surface area contributed by atoms with Crippen LogP contribution in [-0.2, 0) is 0 Å². The lowest BCUT2D eigenvalue weighted by atomic mass is 10.0. The summed E-state index contributed by atoms with van der Waals surface area (Å²) in [5.74, 6) is 0.759. The Hall–Kier alpha value is -3.60. The summed E-state index contributed by atoms with van der Waals surface area (Å²) < 4.78 is 5.60. The minimum Gasteiger partial charge on any atom is -0.368 e. The molecule has 0 spiro atoms. The predicted octanol–water partition coefficient (Wildman–Crippen LogP) is 4.77. The Kier molecular flexibility index (Phi) is 4.71. The molecule has 0 atom stereocenters. The summed E-state index contributed by atoms with van der Waals surface area (Å²) in [5, 5.41) is 5.04. The molecule has 5 nitrogen and oxygen atoms in total. The van der Waals surface area contributed by atoms with Crippen LogP contribution in [0.4, 0.5) is 5.69 Å². The number of rotatable bonds is 3. The van der Waals surface area contributed by atoms with Gasteiger partial charge < -0.3 is 14.3 Å². The van der Waals surface area contributed by atoms with E-state index in [9.17, 15) is 4.79 Å². The zero-order valence-corrected chi connectivity index (χ0v) is 16.9. The van der Waals surface area contributed by atoms with Crippen molar-refractivity contribution in [2.24, 2.45) is 0 Å². The lowest BCUT2D eigenvalue weighted by Gasteiger charge is -2.36. The van der Waals surface area contributed by atoms with Gasteiger partial charge in [-0.05, 0) is 37.3 Å². The Bertz CT molecular complexity index is 1170. The minimum atomic E-state index is 0.0562. The number of carbonyl (C=O) groups excluding carboxylic acids is 1. The van der Waals surface area contributed by atoms with Gasteiger partial charge >= 0.3 is 0 Å². The molecule has 2 heterocycles. The molecule has 1 aliphatic heterocycles. The van der Waals surface area contributed by atoms with E-state index in [-0.39, 0.29) is 5.91 Å². The number of aryl methyl sites for hydroxylation is 1. The number of piperazine rings is 1. The van der Waals surface area contributed by atoms with E-state index in [1.165, 1.54) is 11.3 Å². The summed E-state index contributed by atoms with van der Waals surface area (Å²) in [7, 11) is 0. The molecule has 5 heteroatoms. The van der Waals surface area contributed by atoms with Gasteiger partial charge in [0.05, 0.1) is 5.39 Å². The third-order valence-electron chi connectivity index (χ3n) is 5.73. The van der Waals surface area contributed by atoms with Crippen molar-refractivity contribution in [2.45, 2.75) is 6.92 Å². The van der Waals surface area contributed by atoms with Crippen molar-refractivity contribution in [1.82, 2.24) is 10.1 Å². The Balaban J connectivity index is 1.36. The maximum absolute atomic E-state index is 13.2. The second-order valence-corrected chi connectivity index (χ2v) is 7.72. The molecule has 150 valence electrons. The summed E-state index contributed by atoms with van der Waals surface area (Å²) in [4.78, 5) is 17.4. The van der Waals surface area contributed by atoms with Crippen LogP contribution >= 0.6 is 0 Å². The summed E-state index contributed by atoms with van der Waals surface area (Å²) in [5.41, 5.74) is 4.79. The molecule has 1 aliphatic rings. The summed E-state index contributed by atoms with van der Waals surface area (Å²) in [6, 6.07) is 24.1. The van der Waals surface area contributed by atoms with Gasteiger partial charge in [0.2, 0.25) is 0 Å². The molecule has 0 N–H and O–H groups in total. The third-order valence-corrected chi connectivity index (χ3v) is 5.73. The van der Waals surface area contributed by atoms with Crippen LogP contribution in [-0.4, -0.2) is 42.1 Å². The van der Waals surface area contributed by atoms with Crippen molar-refractivity contribution in [3.63, 3.8) is 0 Å². The number of nitrogens with zero attached hydrogens (tertiary/aromatic N) is 3. The second-order valence-electron chi connectivity index (χ2n) is 7.72. The Morgan fingerprint density at radius 3 is 2.37 bits per heavy atom. The van der Waals surface area contributed by atoms with Crippen molar-refractivity contribution in [1.29, 1.82) is 0 Å². The van der Waals surface area contributed by atoms with Crippen LogP contribution in [0.25, 0.3) is 22.2 Å². The van der Waals surface area contributed by atoms with E-state index in [0.717, 1.165) is 29.6 Å². The zero-order valence-electron chi connectivity index (χ0n) is 16.9. The van der Waals surface area contributed by atoms with Crippen LogP contribution in [0.15, 0.2) is 77.3 Å². The van der Waals surface area contributed by atoms with Gasteiger partial charge in [-0.25, -0.2) is 0 Å². The zero-order chi connectivity index (χ0) is 20.5. The van der Waals surface area contributed by atoms with E-state index in [1.807, 2.05) is 65.6 Å². The van der Waals surface area contributed by atoms with E-state index in [0.29, 0.717) is 24.4 Å². The standard InChI is InChI=1S/C25H23N3O2/c1-18-7-9-19(10-8-18)24-22-17-20(11-12-23(22)26-30-24)25(29)28-15-13-27(14-16-28)21-5-3-2-4-6-21/h2-12,17H,13-16H2,1H3. The summed E-state index contributed by atoms with van der Waals surface area (Å²) >= 11 is 0. The van der Waals surface area contributed by atoms with Gasteiger partial charge in [-0.1, -0.05) is 53.2 Å². The molecule has 1 amide bonds. The molecular formula is C25H23N3O2. The number of amides is 1. The van der Waals surface area contributed by atoms with E-state index < -0.39 is 0 Å². The van der Waals surface area contributed by atoms with Crippen LogP contribution in [0.2, 0.25) is 0 Å². The summed E-state index contributed by atoms with van der Waals surface area (Å²) in [6.07, 6.45) is 0. The molecule has 4 aromatic rings. The van der Waals surface area contributed by atoms with Gasteiger partial charge in [0.15, 0.2) is 5.76 Å². The lowest BCUT2D eigenvalue weighted by Crippen LogP contribution is -2.48. The molecule has 0 aliphatic carbocycles. The maximum atomic E-state index is 13.2. The highest BCUT2D eigenvalue weighted by Crippen LogP contribution is 2.30. The lowest BCUT2D eigenvalue weighted by molar-refractivity contribution is 0.0747. The Morgan fingerprint density at radius 1 is 0.900 bits per heavy atom. The Morgan fingerprint density at radius 2 is 1.63 bits per heavy atom. The molecule has 1 aromatic heterocycles. The average Bonchev–Trinajstić information content (AvgIpc) is 3.23. The molecule has 0 saturated carbocycles. The van der Waals surface area contributed by atoms with Crippen LogP contribution in [0, 0.1) is 6.92 Å². The van der Waals surface area contributed by atoms with Gasteiger partial charge in [0.1, 0.15) is 5.52 Å². The number of benzene rings is 3. The number of aromatic nitrogens is 1. The largest absolute Gasteiger partial charge is 0.368 e. The number of anilines is 1. The van der Waals surface area contributed by atoms with E-state index >= 15 is 0 Å². The first kappa shape index (κ1) is 18.4. The first-order valence-electron chi connectivity index (χ1n) is 10.2. The molecule has 1 saturated heterocycles. The molecule has 1 fully saturated rings. The molecule has 0 radical (unpaired) electrons. The highest BCUT2D eigenvalue weighted by Gasteiger charge is 2.23. The molecule has 5 rings (SSSR count). The van der Waals surface area contributed by atoms with Gasteiger partial charge in [0, 0.05) is 43.0 Å². The number of para-hydroxylation sites is 1. The van der Waals surface area contributed by atoms with Crippen LogP contribution in [0.3, 0.4) is 0 Å². The topological polar surface area (TPSA) is 49.6 Å². The fourth-order valence-corrected chi connectivity index (χ4v) is 3.98. The number of hydrogen-bond acceptors (Lipinski definition) is 4. The third kappa shape index (κ3) is 3.43. The van der Waals surface area contributed by atoms with Crippen molar-refractivity contribution >= 4 is 22.5 Å². The number of hydrogen-bond donors (Lipinski definition) is 0. The van der Waals surface area contributed by atoms with Crippen molar-refractivity contribution in [3.8, 4) is 11.3 Å². The van der Waals surface area contributed by atoms with E-state index in [4.69, 9.17) is 4.52 Å². The Labute approximate surface area is 175 Å². The van der Waals surface area contributed by atoms with Gasteiger partial charge in [-0.15, -0.1) is 0 Å². The molecule has 0 unspecified atom stereocenters. The van der Waals surface area contributed by atoms with E-state index in [2.05, 4.69) is 29.1 Å². The first-order valence-corrected chi connectivity index (χ1v) is 10.2. The van der Waals surface area contributed by atoms with Crippen LogP contribution < -0.4 is 4.90 Å². The maximum Gasteiger partial charge on any atom is 0.254 e. The van der Waals surface area contributed by atoms with Crippen molar-refractivity contribution in [3.05, 3.63) is 83.9 Å². The number of carbonyl (C=O) groups is 1. The summed E-state index contributed by atoms with van der Waals surface area (Å²) in [6.45, 7) is 5.14. The molecule has 30 heavy (non-hydrogen) atoms. The molecular weight excluding hydrogens is 374 g/mol. The van der Waals surface area contributed by atoms with Gasteiger partial charge in [0.25, 0.3) is 5.91 Å². The van der Waals surface area contributed by atoms with Crippen LogP contribution in [0.5, 0.6) is 0 Å².